The van der Waals surface area contributed by atoms with Crippen molar-refractivity contribution in [2.45, 2.75) is 6.92 Å². The Morgan fingerprint density at radius 2 is 1.88 bits per heavy atom. The maximum atomic E-state index is 12.8. The van der Waals surface area contributed by atoms with Gasteiger partial charge >= 0.3 is 5.97 Å². The number of aliphatic imine (C=N–C) groups is 1. The molecular formula is C19H17N3O4. The second-order valence-electron chi connectivity index (χ2n) is 5.54. The molecule has 0 aliphatic heterocycles. The van der Waals surface area contributed by atoms with Gasteiger partial charge < -0.3 is 9.84 Å². The van der Waals surface area contributed by atoms with Crippen LogP contribution in [-0.4, -0.2) is 34.2 Å². The second kappa shape index (κ2) is 7.10. The number of hydrogen-bond donors (Lipinski definition) is 2. The van der Waals surface area contributed by atoms with E-state index in [4.69, 9.17) is 4.74 Å². The molecule has 7 nitrogen and oxygen atoms in total. The van der Waals surface area contributed by atoms with Crippen molar-refractivity contribution < 1.29 is 14.6 Å². The summed E-state index contributed by atoms with van der Waals surface area (Å²) in [6.45, 7) is 1.73. The van der Waals surface area contributed by atoms with E-state index in [-0.39, 0.29) is 16.8 Å². The molecule has 0 amide bonds. The zero-order valence-electron chi connectivity index (χ0n) is 14.3. The van der Waals surface area contributed by atoms with Crippen molar-refractivity contribution >= 4 is 17.9 Å². The van der Waals surface area contributed by atoms with Crippen LogP contribution in [0.3, 0.4) is 0 Å². The highest BCUT2D eigenvalue weighted by Gasteiger charge is 2.16. The van der Waals surface area contributed by atoms with Crippen LogP contribution < -0.4 is 10.3 Å². The topological polar surface area (TPSA) is 96.7 Å². The molecule has 1 aromatic heterocycles. The van der Waals surface area contributed by atoms with Crippen LogP contribution in [0.25, 0.3) is 5.69 Å². The van der Waals surface area contributed by atoms with E-state index in [1.54, 1.807) is 44.4 Å². The van der Waals surface area contributed by atoms with Crippen molar-refractivity contribution in [3.8, 4) is 11.4 Å². The van der Waals surface area contributed by atoms with Crippen LogP contribution in [0.5, 0.6) is 5.75 Å². The van der Waals surface area contributed by atoms with E-state index < -0.39 is 5.97 Å². The van der Waals surface area contributed by atoms with Gasteiger partial charge in [-0.15, -0.1) is 0 Å². The molecule has 0 saturated heterocycles. The van der Waals surface area contributed by atoms with Crippen molar-refractivity contribution in [3.05, 3.63) is 75.7 Å². The van der Waals surface area contributed by atoms with Crippen molar-refractivity contribution in [1.29, 1.82) is 0 Å². The van der Waals surface area contributed by atoms with Gasteiger partial charge in [0.15, 0.2) is 0 Å². The van der Waals surface area contributed by atoms with E-state index >= 15 is 0 Å². The van der Waals surface area contributed by atoms with E-state index in [0.717, 1.165) is 0 Å². The van der Waals surface area contributed by atoms with E-state index in [0.29, 0.717) is 22.7 Å². The van der Waals surface area contributed by atoms with Crippen LogP contribution in [0.15, 0.2) is 58.3 Å². The molecule has 0 bridgehead atoms. The molecule has 0 aliphatic rings. The zero-order chi connectivity index (χ0) is 18.7. The van der Waals surface area contributed by atoms with Gasteiger partial charge in [-0.25, -0.2) is 9.48 Å². The molecule has 0 radical (unpaired) electrons. The molecule has 0 unspecified atom stereocenters. The number of ether oxygens (including phenoxy) is 1. The van der Waals surface area contributed by atoms with Gasteiger partial charge in [0.05, 0.1) is 23.9 Å². The van der Waals surface area contributed by atoms with Gasteiger partial charge in [-0.05, 0) is 31.2 Å². The lowest BCUT2D eigenvalue weighted by molar-refractivity contribution is 0.0696. The predicted molar refractivity (Wildman–Crippen MR) is 98.3 cm³/mol. The maximum absolute atomic E-state index is 12.8. The van der Waals surface area contributed by atoms with E-state index in [1.165, 1.54) is 17.0 Å². The molecule has 7 heteroatoms. The monoisotopic (exact) mass is 351 g/mol. The maximum Gasteiger partial charge on any atom is 0.337 e. The smallest absolute Gasteiger partial charge is 0.337 e. The number of benzene rings is 2. The Kier molecular flexibility index (Phi) is 4.70. The van der Waals surface area contributed by atoms with Gasteiger partial charge in [0.1, 0.15) is 11.4 Å². The van der Waals surface area contributed by atoms with Gasteiger partial charge in [0, 0.05) is 11.9 Å². The van der Waals surface area contributed by atoms with E-state index in [1.807, 2.05) is 12.1 Å². The number of aromatic carboxylic acids is 1. The van der Waals surface area contributed by atoms with Crippen LogP contribution in [0.2, 0.25) is 0 Å². The first-order valence-corrected chi connectivity index (χ1v) is 7.84. The Morgan fingerprint density at radius 3 is 2.62 bits per heavy atom. The summed E-state index contributed by atoms with van der Waals surface area (Å²) in [5, 5.41) is 12.2. The second-order valence-corrected chi connectivity index (χ2v) is 5.54. The number of nitrogens with zero attached hydrogens (tertiary/aromatic N) is 2. The third-order valence-corrected chi connectivity index (χ3v) is 3.91. The Balaban J connectivity index is 2.06. The van der Waals surface area contributed by atoms with Gasteiger partial charge in [-0.1, -0.05) is 24.3 Å². The zero-order valence-corrected chi connectivity index (χ0v) is 14.3. The Hall–Kier alpha value is -3.61. The Labute approximate surface area is 149 Å². The number of aryl methyl sites for hydroxylation is 1. The van der Waals surface area contributed by atoms with Crippen LogP contribution in [0, 0.1) is 6.92 Å². The Morgan fingerprint density at radius 1 is 1.19 bits per heavy atom. The first kappa shape index (κ1) is 17.2. The lowest BCUT2D eigenvalue weighted by Gasteiger charge is -2.05. The summed E-state index contributed by atoms with van der Waals surface area (Å²) >= 11 is 0. The van der Waals surface area contributed by atoms with Gasteiger partial charge in [-0.2, -0.15) is 0 Å². The number of aromatic amines is 1. The highest BCUT2D eigenvalue weighted by molar-refractivity contribution is 5.92. The predicted octanol–water partition coefficient (Wildman–Crippen LogP) is 2.93. The highest BCUT2D eigenvalue weighted by Crippen LogP contribution is 2.26. The number of nitrogens with one attached hydrogen (secondary N) is 1. The molecule has 0 saturated carbocycles. The van der Waals surface area contributed by atoms with Crippen LogP contribution >= 0.6 is 0 Å². The normalized spacial score (nSPS) is 11.0. The minimum Gasteiger partial charge on any atom is -0.494 e. The number of methoxy groups -OCH3 is 1. The standard InChI is InChI=1S/C19H17N3O4/c1-12-14(11-20-15-8-4-6-10-17(15)26-2)18(23)22(21-12)16-9-5-3-7-13(16)19(24)25/h3-11,21H,1-2H3,(H,24,25). The lowest BCUT2D eigenvalue weighted by atomic mass is 10.2. The number of para-hydroxylation sites is 3. The number of carboxylic acid groups (broad SMARTS) is 1. The van der Waals surface area contributed by atoms with Crippen molar-refractivity contribution in [1.82, 2.24) is 9.78 Å². The summed E-state index contributed by atoms with van der Waals surface area (Å²) in [5.74, 6) is -0.516. The van der Waals surface area contributed by atoms with Gasteiger partial charge in [0.2, 0.25) is 0 Å². The fraction of sp³-hybridized carbons (Fsp3) is 0.105. The van der Waals surface area contributed by atoms with Crippen LogP contribution in [0.1, 0.15) is 21.6 Å². The molecule has 132 valence electrons. The average Bonchev–Trinajstić information content (AvgIpc) is 2.94. The molecule has 0 atom stereocenters. The molecule has 3 aromatic rings. The number of carbonyl (C=O) groups is 1. The summed E-state index contributed by atoms with van der Waals surface area (Å²) in [6.07, 6.45) is 1.45. The first-order valence-electron chi connectivity index (χ1n) is 7.84. The SMILES string of the molecule is COc1ccccc1N=Cc1c(C)[nH]n(-c2ccccc2C(=O)O)c1=O. The molecule has 2 N–H and O–H groups in total. The third-order valence-electron chi connectivity index (χ3n) is 3.91. The number of carboxylic acids is 1. The number of hydrogen-bond acceptors (Lipinski definition) is 4. The molecule has 3 rings (SSSR count). The van der Waals surface area contributed by atoms with E-state index in [2.05, 4.69) is 10.1 Å². The van der Waals surface area contributed by atoms with E-state index in [9.17, 15) is 14.7 Å². The first-order chi connectivity index (χ1) is 12.5. The quantitative estimate of drug-likeness (QED) is 0.691. The third kappa shape index (κ3) is 3.14. The fourth-order valence-electron chi connectivity index (χ4n) is 2.60. The molecule has 1 heterocycles. The summed E-state index contributed by atoms with van der Waals surface area (Å²) in [7, 11) is 1.55. The number of H-pyrrole nitrogens is 1. The Bertz CT molecular complexity index is 1050. The molecule has 26 heavy (non-hydrogen) atoms. The van der Waals surface area contributed by atoms with Crippen molar-refractivity contribution in [3.63, 3.8) is 0 Å². The minimum atomic E-state index is -1.11. The molecular weight excluding hydrogens is 334 g/mol. The van der Waals surface area contributed by atoms with Gasteiger partial charge in [0.25, 0.3) is 5.56 Å². The van der Waals surface area contributed by atoms with Gasteiger partial charge in [-0.3, -0.25) is 14.9 Å². The lowest BCUT2D eigenvalue weighted by Crippen LogP contribution is -2.19. The number of aromatic nitrogens is 2. The summed E-state index contributed by atoms with van der Waals surface area (Å²) in [5.41, 5.74) is 1.43. The van der Waals surface area contributed by atoms with Crippen LogP contribution in [-0.2, 0) is 0 Å². The summed E-state index contributed by atoms with van der Waals surface area (Å²) in [4.78, 5) is 28.5. The van der Waals surface area contributed by atoms with Crippen LogP contribution in [0.4, 0.5) is 5.69 Å². The van der Waals surface area contributed by atoms with Crippen molar-refractivity contribution in [2.75, 3.05) is 7.11 Å². The highest BCUT2D eigenvalue weighted by atomic mass is 16.5. The largest absolute Gasteiger partial charge is 0.494 e. The average molecular weight is 351 g/mol. The molecule has 0 fully saturated rings. The molecule has 0 aliphatic carbocycles. The summed E-state index contributed by atoms with van der Waals surface area (Å²) < 4.78 is 6.45. The molecule has 0 spiro atoms. The molecule has 2 aromatic carbocycles. The van der Waals surface area contributed by atoms with Crippen molar-refractivity contribution in [2.24, 2.45) is 4.99 Å². The summed E-state index contributed by atoms with van der Waals surface area (Å²) in [6, 6.07) is 13.5. The fourth-order valence-corrected chi connectivity index (χ4v) is 2.60. The minimum absolute atomic E-state index is 0.0315. The number of rotatable bonds is 5.